The lowest BCUT2D eigenvalue weighted by molar-refractivity contribution is -0.136. The van der Waals surface area contributed by atoms with Crippen LogP contribution in [0.15, 0.2) is 0 Å². The first kappa shape index (κ1) is 11.2. The Morgan fingerprint density at radius 3 is 2.75 bits per heavy atom. The number of aromatic nitrogens is 2. The van der Waals surface area contributed by atoms with Gasteiger partial charge in [-0.1, -0.05) is 19.8 Å². The van der Waals surface area contributed by atoms with E-state index in [1.165, 1.54) is 25.7 Å². The molecule has 88 valence electrons. The Morgan fingerprint density at radius 1 is 1.50 bits per heavy atom. The summed E-state index contributed by atoms with van der Waals surface area (Å²) >= 11 is 0. The summed E-state index contributed by atoms with van der Waals surface area (Å²) in [5.41, 5.74) is 2.25. The molecule has 16 heavy (non-hydrogen) atoms. The van der Waals surface area contributed by atoms with Crippen LogP contribution in [0.4, 0.5) is 0 Å². The van der Waals surface area contributed by atoms with Gasteiger partial charge in [-0.25, -0.2) is 4.98 Å². The van der Waals surface area contributed by atoms with Crippen molar-refractivity contribution < 1.29 is 9.90 Å². The molecule has 0 radical (unpaired) electrons. The van der Waals surface area contributed by atoms with E-state index in [9.17, 15) is 4.79 Å². The van der Waals surface area contributed by atoms with Crippen molar-refractivity contribution >= 4 is 5.97 Å². The van der Waals surface area contributed by atoms with E-state index >= 15 is 0 Å². The number of imidazole rings is 1. The molecule has 1 saturated carbocycles. The summed E-state index contributed by atoms with van der Waals surface area (Å²) in [6.07, 6.45) is 5.84. The molecule has 0 aliphatic heterocycles. The van der Waals surface area contributed by atoms with Gasteiger partial charge < -0.3 is 10.1 Å². The molecular formula is C12H18N2O2. The highest BCUT2D eigenvalue weighted by Gasteiger charge is 2.23. The molecule has 1 fully saturated rings. The maximum absolute atomic E-state index is 10.6. The molecule has 0 atom stereocenters. The molecule has 4 heteroatoms. The molecule has 1 aliphatic rings. The third-order valence-electron chi connectivity index (χ3n) is 3.27. The number of hydrogen-bond donors (Lipinski definition) is 2. The van der Waals surface area contributed by atoms with Gasteiger partial charge in [-0.2, -0.15) is 0 Å². The summed E-state index contributed by atoms with van der Waals surface area (Å²) in [6.45, 7) is 2.08. The molecule has 4 nitrogen and oxygen atoms in total. The zero-order chi connectivity index (χ0) is 11.5. The molecule has 2 rings (SSSR count). The Hall–Kier alpha value is -1.32. The Labute approximate surface area is 95.1 Å². The van der Waals surface area contributed by atoms with Crippen LogP contribution >= 0.6 is 0 Å². The molecular weight excluding hydrogens is 204 g/mol. The predicted octanol–water partition coefficient (Wildman–Crippen LogP) is 2.26. The lowest BCUT2D eigenvalue weighted by Crippen LogP contribution is -2.02. The molecule has 0 aromatic carbocycles. The fourth-order valence-corrected chi connectivity index (χ4v) is 2.51. The number of H-pyrrole nitrogens is 1. The first-order chi connectivity index (χ1) is 7.70. The monoisotopic (exact) mass is 222 g/mol. The summed E-state index contributed by atoms with van der Waals surface area (Å²) in [6, 6.07) is 0. The lowest BCUT2D eigenvalue weighted by atomic mass is 10.0. The van der Waals surface area contributed by atoms with Crippen molar-refractivity contribution in [2.75, 3.05) is 0 Å². The maximum Gasteiger partial charge on any atom is 0.311 e. The number of aliphatic carboxylic acids is 1. The number of aromatic amines is 1. The van der Waals surface area contributed by atoms with E-state index in [2.05, 4.69) is 16.9 Å². The third kappa shape index (κ3) is 2.26. The van der Waals surface area contributed by atoms with E-state index in [1.807, 2.05) is 0 Å². The highest BCUT2D eigenvalue weighted by atomic mass is 16.4. The van der Waals surface area contributed by atoms with Gasteiger partial charge in [-0.05, 0) is 19.3 Å². The van der Waals surface area contributed by atoms with Crippen molar-refractivity contribution in [2.24, 2.45) is 0 Å². The summed E-state index contributed by atoms with van der Waals surface area (Å²) in [7, 11) is 0. The average molecular weight is 222 g/mol. The van der Waals surface area contributed by atoms with Crippen LogP contribution in [-0.2, 0) is 17.6 Å². The highest BCUT2D eigenvalue weighted by Crippen LogP contribution is 2.34. The topological polar surface area (TPSA) is 66.0 Å². The van der Waals surface area contributed by atoms with E-state index in [-0.39, 0.29) is 6.42 Å². The largest absolute Gasteiger partial charge is 0.481 e. The average Bonchev–Trinajstić information content (AvgIpc) is 2.83. The number of hydrogen-bond acceptors (Lipinski definition) is 2. The van der Waals surface area contributed by atoms with Crippen molar-refractivity contribution in [3.8, 4) is 0 Å². The SMILES string of the molecule is CCc1[nH]c(CC(=O)O)nc1C1CCCC1. The van der Waals surface area contributed by atoms with Crippen molar-refractivity contribution in [2.45, 2.75) is 51.4 Å². The number of carbonyl (C=O) groups is 1. The number of rotatable bonds is 4. The number of carboxylic acids is 1. The van der Waals surface area contributed by atoms with Gasteiger partial charge >= 0.3 is 5.97 Å². The van der Waals surface area contributed by atoms with Gasteiger partial charge in [0.25, 0.3) is 0 Å². The molecule has 1 heterocycles. The van der Waals surface area contributed by atoms with Crippen LogP contribution in [-0.4, -0.2) is 21.0 Å². The zero-order valence-electron chi connectivity index (χ0n) is 9.62. The van der Waals surface area contributed by atoms with E-state index in [1.54, 1.807) is 0 Å². The van der Waals surface area contributed by atoms with Gasteiger partial charge in [-0.3, -0.25) is 4.79 Å². The maximum atomic E-state index is 10.6. The number of nitrogens with zero attached hydrogens (tertiary/aromatic N) is 1. The summed E-state index contributed by atoms with van der Waals surface area (Å²) < 4.78 is 0. The summed E-state index contributed by atoms with van der Waals surface area (Å²) in [4.78, 5) is 18.3. The standard InChI is InChI=1S/C12H18N2O2/c1-2-9-12(8-5-3-4-6-8)14-10(13-9)7-11(15)16/h8H,2-7H2,1H3,(H,13,14)(H,15,16). The quantitative estimate of drug-likeness (QED) is 0.821. The Bertz CT molecular complexity index is 378. The van der Waals surface area contributed by atoms with E-state index < -0.39 is 5.97 Å². The van der Waals surface area contributed by atoms with Crippen LogP contribution in [0.2, 0.25) is 0 Å². The Morgan fingerprint density at radius 2 is 2.19 bits per heavy atom. The molecule has 1 aliphatic carbocycles. The van der Waals surface area contributed by atoms with E-state index in [0.29, 0.717) is 11.7 Å². The van der Waals surface area contributed by atoms with Crippen molar-refractivity contribution in [1.29, 1.82) is 0 Å². The van der Waals surface area contributed by atoms with Crippen molar-refractivity contribution in [1.82, 2.24) is 9.97 Å². The minimum absolute atomic E-state index is 0.000278. The first-order valence-electron chi connectivity index (χ1n) is 6.00. The molecule has 0 unspecified atom stereocenters. The Kier molecular flexibility index (Phi) is 3.27. The van der Waals surface area contributed by atoms with E-state index in [0.717, 1.165) is 17.8 Å². The highest BCUT2D eigenvalue weighted by molar-refractivity contribution is 5.69. The number of nitrogens with one attached hydrogen (secondary N) is 1. The predicted molar refractivity (Wildman–Crippen MR) is 60.5 cm³/mol. The third-order valence-corrected chi connectivity index (χ3v) is 3.27. The smallest absolute Gasteiger partial charge is 0.311 e. The minimum atomic E-state index is -0.825. The lowest BCUT2D eigenvalue weighted by Gasteiger charge is -2.06. The Balaban J connectivity index is 2.21. The van der Waals surface area contributed by atoms with Crippen molar-refractivity contribution in [3.05, 3.63) is 17.2 Å². The fraction of sp³-hybridized carbons (Fsp3) is 0.667. The summed E-state index contributed by atoms with van der Waals surface area (Å²) in [5.74, 6) is 0.328. The molecule has 0 spiro atoms. The minimum Gasteiger partial charge on any atom is -0.481 e. The molecule has 1 aromatic heterocycles. The van der Waals surface area contributed by atoms with Gasteiger partial charge in [0, 0.05) is 11.6 Å². The van der Waals surface area contributed by atoms with Crippen LogP contribution in [0.5, 0.6) is 0 Å². The van der Waals surface area contributed by atoms with Gasteiger partial charge in [0.15, 0.2) is 0 Å². The zero-order valence-corrected chi connectivity index (χ0v) is 9.62. The second-order valence-corrected chi connectivity index (χ2v) is 4.45. The van der Waals surface area contributed by atoms with Crippen LogP contribution in [0.1, 0.15) is 55.7 Å². The second kappa shape index (κ2) is 4.68. The van der Waals surface area contributed by atoms with Gasteiger partial charge in [-0.15, -0.1) is 0 Å². The fourth-order valence-electron chi connectivity index (χ4n) is 2.51. The van der Waals surface area contributed by atoms with Crippen LogP contribution in [0.3, 0.4) is 0 Å². The van der Waals surface area contributed by atoms with Crippen LogP contribution < -0.4 is 0 Å². The van der Waals surface area contributed by atoms with E-state index in [4.69, 9.17) is 5.11 Å². The molecule has 0 bridgehead atoms. The van der Waals surface area contributed by atoms with Gasteiger partial charge in [0.05, 0.1) is 5.69 Å². The van der Waals surface area contributed by atoms with Gasteiger partial charge in [0.1, 0.15) is 12.2 Å². The molecule has 2 N–H and O–H groups in total. The van der Waals surface area contributed by atoms with Crippen LogP contribution in [0, 0.1) is 0 Å². The normalized spacial score (nSPS) is 16.8. The summed E-state index contributed by atoms with van der Waals surface area (Å²) in [5, 5.41) is 8.75. The second-order valence-electron chi connectivity index (χ2n) is 4.45. The first-order valence-corrected chi connectivity index (χ1v) is 6.00. The molecule has 1 aromatic rings. The number of aryl methyl sites for hydroxylation is 1. The number of carboxylic acid groups (broad SMARTS) is 1. The molecule has 0 saturated heterocycles. The van der Waals surface area contributed by atoms with Crippen molar-refractivity contribution in [3.63, 3.8) is 0 Å². The van der Waals surface area contributed by atoms with Gasteiger partial charge in [0.2, 0.25) is 0 Å². The van der Waals surface area contributed by atoms with Crippen LogP contribution in [0.25, 0.3) is 0 Å². The molecule has 0 amide bonds.